The minimum Gasteiger partial charge on any atom is -0.469 e. The molecule has 3 heterocycles. The fourth-order valence-corrected chi connectivity index (χ4v) is 5.48. The van der Waals surface area contributed by atoms with Gasteiger partial charge in [0.1, 0.15) is 0 Å². The maximum atomic E-state index is 11.7. The van der Waals surface area contributed by atoms with E-state index in [9.17, 15) is 4.79 Å². The van der Waals surface area contributed by atoms with Crippen LogP contribution in [0.3, 0.4) is 0 Å². The number of carbonyl (C=O) groups is 1. The van der Waals surface area contributed by atoms with Gasteiger partial charge in [0.2, 0.25) is 0 Å². The molecule has 0 amide bonds. The van der Waals surface area contributed by atoms with Gasteiger partial charge in [0, 0.05) is 22.8 Å². The third-order valence-electron chi connectivity index (χ3n) is 5.12. The van der Waals surface area contributed by atoms with Crippen molar-refractivity contribution in [3.63, 3.8) is 0 Å². The lowest BCUT2D eigenvalue weighted by molar-refractivity contribution is -0.142. The van der Waals surface area contributed by atoms with E-state index in [1.165, 1.54) is 22.4 Å². The Morgan fingerprint density at radius 2 is 2.22 bits per heavy atom. The Bertz CT molecular complexity index is 688. The number of fused-ring (bicyclic) bond motifs is 1. The van der Waals surface area contributed by atoms with Crippen LogP contribution in [-0.2, 0) is 16.0 Å². The molecule has 1 saturated carbocycles. The minimum absolute atomic E-state index is 0.0663. The lowest BCUT2D eigenvalue weighted by Crippen LogP contribution is -2.39. The smallest absolute Gasteiger partial charge is 0.306 e. The summed E-state index contributed by atoms with van der Waals surface area (Å²) in [5, 5.41) is 4.38. The van der Waals surface area contributed by atoms with Gasteiger partial charge >= 0.3 is 5.97 Å². The van der Waals surface area contributed by atoms with Crippen molar-refractivity contribution >= 4 is 28.6 Å². The van der Waals surface area contributed by atoms with Crippen molar-refractivity contribution in [2.24, 2.45) is 5.41 Å². The van der Waals surface area contributed by atoms with Crippen LogP contribution in [0.1, 0.15) is 40.6 Å². The summed E-state index contributed by atoms with van der Waals surface area (Å²) in [7, 11) is 1.49. The van der Waals surface area contributed by atoms with Crippen LogP contribution in [0.4, 0.5) is 0 Å². The Balaban J connectivity index is 1.59. The molecule has 0 spiro atoms. The second kappa shape index (κ2) is 6.04. The summed E-state index contributed by atoms with van der Waals surface area (Å²) in [5.41, 5.74) is 1.62. The van der Waals surface area contributed by atoms with Gasteiger partial charge in [0.15, 0.2) is 0 Å². The first kappa shape index (κ1) is 15.4. The summed E-state index contributed by atoms with van der Waals surface area (Å²) in [6, 6.07) is 7.03. The van der Waals surface area contributed by atoms with Crippen molar-refractivity contribution in [1.82, 2.24) is 4.90 Å². The van der Waals surface area contributed by atoms with E-state index in [1.54, 1.807) is 0 Å². The number of methoxy groups -OCH3 is 1. The van der Waals surface area contributed by atoms with Crippen LogP contribution in [0.25, 0.3) is 0 Å². The molecule has 0 N–H and O–H groups in total. The topological polar surface area (TPSA) is 29.5 Å². The average Bonchev–Trinajstić information content (AvgIpc) is 2.99. The molecule has 2 aromatic heterocycles. The largest absolute Gasteiger partial charge is 0.469 e. The molecule has 23 heavy (non-hydrogen) atoms. The molecule has 4 rings (SSSR count). The molecule has 0 unspecified atom stereocenters. The van der Waals surface area contributed by atoms with Gasteiger partial charge in [-0.3, -0.25) is 9.69 Å². The van der Waals surface area contributed by atoms with E-state index in [1.807, 2.05) is 22.7 Å². The van der Waals surface area contributed by atoms with E-state index in [4.69, 9.17) is 4.74 Å². The molecule has 0 radical (unpaired) electrons. The predicted molar refractivity (Wildman–Crippen MR) is 94.1 cm³/mol. The number of hydrogen-bond donors (Lipinski definition) is 0. The Hall–Kier alpha value is -1.17. The van der Waals surface area contributed by atoms with Crippen LogP contribution in [0.15, 0.2) is 29.0 Å². The standard InChI is InChI=1S/C18H21NO2S2/c1-21-16(20)11-18(6-7-18)12-19-8-4-14-13(5-10-23-14)17(19)15-3-2-9-22-15/h2-3,5,9-10,17H,4,6-8,11-12H2,1H3/t17-/m1/s1. The summed E-state index contributed by atoms with van der Waals surface area (Å²) in [6.07, 6.45) is 3.98. The average molecular weight is 348 g/mol. The van der Waals surface area contributed by atoms with Crippen LogP contribution in [0.2, 0.25) is 0 Å². The molecule has 0 saturated heterocycles. The number of hydrogen-bond acceptors (Lipinski definition) is 5. The number of esters is 1. The Kier molecular flexibility index (Phi) is 4.03. The van der Waals surface area contributed by atoms with E-state index >= 15 is 0 Å². The van der Waals surface area contributed by atoms with Crippen LogP contribution < -0.4 is 0 Å². The zero-order valence-corrected chi connectivity index (χ0v) is 14.9. The number of rotatable bonds is 5. The van der Waals surface area contributed by atoms with Crippen LogP contribution in [0, 0.1) is 5.41 Å². The number of ether oxygens (including phenoxy) is 1. The van der Waals surface area contributed by atoms with E-state index in [2.05, 4.69) is 33.9 Å². The molecule has 0 bridgehead atoms. The van der Waals surface area contributed by atoms with Gasteiger partial charge in [-0.15, -0.1) is 22.7 Å². The SMILES string of the molecule is COC(=O)CC1(CN2CCc3sccc3[C@@H]2c2cccs2)CC1. The zero-order chi connectivity index (χ0) is 15.9. The molecule has 3 nitrogen and oxygen atoms in total. The molecule has 0 aromatic carbocycles. The number of nitrogens with zero attached hydrogens (tertiary/aromatic N) is 1. The van der Waals surface area contributed by atoms with Crippen LogP contribution >= 0.6 is 22.7 Å². The van der Waals surface area contributed by atoms with E-state index < -0.39 is 0 Å². The quantitative estimate of drug-likeness (QED) is 0.763. The molecule has 1 atom stereocenters. The van der Waals surface area contributed by atoms with Crippen molar-refractivity contribution in [1.29, 1.82) is 0 Å². The summed E-state index contributed by atoms with van der Waals surface area (Å²) in [4.78, 5) is 17.3. The lowest BCUT2D eigenvalue weighted by atomic mass is 9.94. The van der Waals surface area contributed by atoms with E-state index in [0.717, 1.165) is 32.4 Å². The van der Waals surface area contributed by atoms with Gasteiger partial charge in [-0.25, -0.2) is 0 Å². The fraction of sp³-hybridized carbons (Fsp3) is 0.500. The van der Waals surface area contributed by atoms with Crippen LogP contribution in [0.5, 0.6) is 0 Å². The van der Waals surface area contributed by atoms with Crippen molar-refractivity contribution in [2.75, 3.05) is 20.2 Å². The highest BCUT2D eigenvalue weighted by atomic mass is 32.1. The summed E-state index contributed by atoms with van der Waals surface area (Å²) in [5.74, 6) is -0.0663. The molecule has 1 aliphatic carbocycles. The predicted octanol–water partition coefficient (Wildman–Crippen LogP) is 4.10. The first-order valence-corrected chi connectivity index (χ1v) is 9.87. The fourth-order valence-electron chi connectivity index (χ4n) is 3.70. The summed E-state index contributed by atoms with van der Waals surface area (Å²) in [6.45, 7) is 2.08. The Morgan fingerprint density at radius 1 is 1.35 bits per heavy atom. The summed E-state index contributed by atoms with van der Waals surface area (Å²) < 4.78 is 4.90. The van der Waals surface area contributed by atoms with Gasteiger partial charge in [-0.1, -0.05) is 6.07 Å². The Morgan fingerprint density at radius 3 is 2.91 bits per heavy atom. The first-order valence-electron chi connectivity index (χ1n) is 8.11. The van der Waals surface area contributed by atoms with Gasteiger partial charge < -0.3 is 4.74 Å². The molecule has 1 fully saturated rings. The van der Waals surface area contributed by atoms with E-state index in [-0.39, 0.29) is 11.4 Å². The van der Waals surface area contributed by atoms with Crippen LogP contribution in [-0.4, -0.2) is 31.1 Å². The molecular formula is C18H21NO2S2. The maximum absolute atomic E-state index is 11.7. The monoisotopic (exact) mass is 347 g/mol. The minimum atomic E-state index is -0.0663. The molecule has 122 valence electrons. The van der Waals surface area contributed by atoms with Gasteiger partial charge in [-0.2, -0.15) is 0 Å². The highest BCUT2D eigenvalue weighted by Gasteiger charge is 2.47. The molecule has 5 heteroatoms. The molecule has 2 aromatic rings. The normalized spacial score (nSPS) is 22.6. The van der Waals surface area contributed by atoms with E-state index in [0.29, 0.717) is 12.5 Å². The number of thiophene rings is 2. The second-order valence-electron chi connectivity index (χ2n) is 6.69. The van der Waals surface area contributed by atoms with Crippen molar-refractivity contribution in [3.8, 4) is 0 Å². The number of carbonyl (C=O) groups excluding carboxylic acids is 1. The Labute approximate surface area is 144 Å². The molecule has 1 aliphatic heterocycles. The van der Waals surface area contributed by atoms with Gasteiger partial charge in [-0.05, 0) is 53.1 Å². The zero-order valence-electron chi connectivity index (χ0n) is 13.3. The highest BCUT2D eigenvalue weighted by molar-refractivity contribution is 7.10. The van der Waals surface area contributed by atoms with Gasteiger partial charge in [0.25, 0.3) is 0 Å². The first-order chi connectivity index (χ1) is 11.2. The third-order valence-corrected chi connectivity index (χ3v) is 7.04. The second-order valence-corrected chi connectivity index (χ2v) is 8.67. The highest BCUT2D eigenvalue weighted by Crippen LogP contribution is 2.52. The lowest BCUT2D eigenvalue weighted by Gasteiger charge is -2.37. The van der Waals surface area contributed by atoms with Gasteiger partial charge in [0.05, 0.1) is 19.6 Å². The molecule has 2 aliphatic rings. The van der Waals surface area contributed by atoms with Crippen molar-refractivity contribution in [2.45, 2.75) is 31.7 Å². The van der Waals surface area contributed by atoms with Crippen molar-refractivity contribution < 1.29 is 9.53 Å². The summed E-state index contributed by atoms with van der Waals surface area (Å²) >= 11 is 3.72. The maximum Gasteiger partial charge on any atom is 0.306 e. The molecular weight excluding hydrogens is 326 g/mol. The third kappa shape index (κ3) is 2.97. The van der Waals surface area contributed by atoms with Crippen molar-refractivity contribution in [3.05, 3.63) is 44.3 Å².